The Labute approximate surface area is 285 Å². The monoisotopic (exact) mass is 662 g/mol. The number of amides is 3. The molecule has 0 radical (unpaired) electrons. The van der Waals surface area contributed by atoms with Gasteiger partial charge in [-0.2, -0.15) is 0 Å². The number of nitrogens with one attached hydrogen (secondary N) is 3. The highest BCUT2D eigenvalue weighted by molar-refractivity contribution is 6.14. The van der Waals surface area contributed by atoms with Gasteiger partial charge in [-0.3, -0.25) is 24.3 Å². The van der Waals surface area contributed by atoms with Gasteiger partial charge in [0.2, 0.25) is 11.8 Å². The van der Waals surface area contributed by atoms with Crippen LogP contribution < -0.4 is 16.0 Å². The lowest BCUT2D eigenvalue weighted by Gasteiger charge is -2.32. The maximum absolute atomic E-state index is 13.6. The number of aldehydes is 1. The molecule has 6 rings (SSSR count). The van der Waals surface area contributed by atoms with Gasteiger partial charge in [-0.15, -0.1) is 0 Å². The Balaban J connectivity index is 1.01. The second-order valence-corrected chi connectivity index (χ2v) is 12.6. The van der Waals surface area contributed by atoms with Crippen molar-refractivity contribution >= 4 is 46.4 Å². The van der Waals surface area contributed by atoms with Crippen molar-refractivity contribution in [2.24, 2.45) is 5.92 Å². The highest BCUT2D eigenvalue weighted by Gasteiger charge is 2.40. The Morgan fingerprint density at radius 1 is 1.10 bits per heavy atom. The van der Waals surface area contributed by atoms with E-state index < -0.39 is 12.1 Å². The van der Waals surface area contributed by atoms with E-state index >= 15 is 0 Å². The molecule has 11 nitrogen and oxygen atoms in total. The number of pyridine rings is 1. The van der Waals surface area contributed by atoms with Crippen LogP contribution in [0.15, 0.2) is 84.1 Å². The largest absolute Gasteiger partial charge is 0.459 e. The number of hydrogen-bond acceptors (Lipinski definition) is 8. The van der Waals surface area contributed by atoms with E-state index in [0.29, 0.717) is 41.2 Å². The van der Waals surface area contributed by atoms with Crippen LogP contribution in [0, 0.1) is 5.92 Å². The summed E-state index contributed by atoms with van der Waals surface area (Å²) in [6.07, 6.45) is 6.85. The molecule has 2 aromatic heterocycles. The SMILES string of the molecule is C=C1c2cccc(NCCN3CCC(CC(=O)NC(c4cccnc4)c4cc5ccccc5o4)CC3)c2C(=O)N1C(CCC=O)C(=O)NC. The minimum absolute atomic E-state index is 0.0162. The van der Waals surface area contributed by atoms with Crippen LogP contribution in [0.1, 0.15) is 65.4 Å². The molecule has 4 aromatic rings. The highest BCUT2D eigenvalue weighted by atomic mass is 16.3. The van der Waals surface area contributed by atoms with Crippen LogP contribution in [-0.2, 0) is 14.4 Å². The van der Waals surface area contributed by atoms with Crippen molar-refractivity contribution in [1.29, 1.82) is 0 Å². The van der Waals surface area contributed by atoms with E-state index in [0.717, 1.165) is 55.3 Å². The molecular formula is C38H42N6O5. The van der Waals surface area contributed by atoms with E-state index in [1.54, 1.807) is 12.4 Å². The van der Waals surface area contributed by atoms with Gasteiger partial charge in [0.05, 0.1) is 5.56 Å². The summed E-state index contributed by atoms with van der Waals surface area (Å²) in [6, 6.07) is 17.9. The van der Waals surface area contributed by atoms with Gasteiger partial charge < -0.3 is 30.1 Å². The van der Waals surface area contributed by atoms with Crippen molar-refractivity contribution in [2.45, 2.75) is 44.2 Å². The first-order chi connectivity index (χ1) is 23.9. The standard InChI is InChI=1S/C38H42N6O5/c1-25-29-10-5-11-30(35(29)38(48)44(25)31(12-7-21-45)37(47)39-2)41-17-20-43-18-14-26(15-19-43)22-34(46)42-36(28-9-6-16-40-24-28)33-23-27-8-3-4-13-32(27)49-33/h3-6,8-11,13,16,21,23-24,26,31,36,41H,1,7,12,14-15,17-20,22H2,2H3,(H,39,47)(H,42,46). The second-order valence-electron chi connectivity index (χ2n) is 12.6. The average Bonchev–Trinajstić information content (AvgIpc) is 3.67. The molecule has 254 valence electrons. The van der Waals surface area contributed by atoms with Crippen LogP contribution in [0.2, 0.25) is 0 Å². The fourth-order valence-corrected chi connectivity index (χ4v) is 6.90. The molecule has 2 aromatic carbocycles. The number of furan rings is 1. The van der Waals surface area contributed by atoms with Gasteiger partial charge in [-0.05, 0) is 62.5 Å². The van der Waals surface area contributed by atoms with Crippen LogP contribution in [0.25, 0.3) is 16.7 Å². The molecule has 1 fully saturated rings. The lowest BCUT2D eigenvalue weighted by Crippen LogP contribution is -2.45. The molecule has 0 saturated carbocycles. The molecule has 3 N–H and O–H groups in total. The van der Waals surface area contributed by atoms with Gasteiger partial charge >= 0.3 is 0 Å². The van der Waals surface area contributed by atoms with Crippen LogP contribution in [-0.4, -0.2) is 78.1 Å². The summed E-state index contributed by atoms with van der Waals surface area (Å²) in [6.45, 7) is 7.25. The maximum atomic E-state index is 13.6. The number of nitrogens with zero attached hydrogens (tertiary/aromatic N) is 3. The van der Waals surface area contributed by atoms with Gasteiger partial charge in [-0.25, -0.2) is 0 Å². The van der Waals surface area contributed by atoms with Gasteiger partial charge in [0.25, 0.3) is 5.91 Å². The number of rotatable bonds is 14. The molecular weight excluding hydrogens is 620 g/mol. The molecule has 2 unspecified atom stereocenters. The maximum Gasteiger partial charge on any atom is 0.261 e. The molecule has 0 bridgehead atoms. The van der Waals surface area contributed by atoms with Crippen molar-refractivity contribution in [3.05, 3.63) is 102 Å². The third-order valence-corrected chi connectivity index (χ3v) is 9.49. The lowest BCUT2D eigenvalue weighted by atomic mass is 9.93. The third-order valence-electron chi connectivity index (χ3n) is 9.49. The van der Waals surface area contributed by atoms with Crippen molar-refractivity contribution in [3.63, 3.8) is 0 Å². The predicted octanol–water partition coefficient (Wildman–Crippen LogP) is 4.77. The van der Waals surface area contributed by atoms with E-state index in [2.05, 4.69) is 32.4 Å². The highest BCUT2D eigenvalue weighted by Crippen LogP contribution is 2.38. The van der Waals surface area contributed by atoms with Crippen molar-refractivity contribution in [3.8, 4) is 0 Å². The Hall–Kier alpha value is -5.29. The Kier molecular flexibility index (Phi) is 10.5. The number of likely N-dealkylation sites (tertiary alicyclic amines) is 1. The van der Waals surface area contributed by atoms with Gasteiger partial charge in [-0.1, -0.05) is 43.0 Å². The first kappa shape index (κ1) is 33.6. The minimum atomic E-state index is -0.815. The zero-order valence-electron chi connectivity index (χ0n) is 27.7. The first-order valence-electron chi connectivity index (χ1n) is 16.8. The molecule has 0 aliphatic carbocycles. The van der Waals surface area contributed by atoms with E-state index in [1.165, 1.54) is 11.9 Å². The molecule has 3 amide bonds. The summed E-state index contributed by atoms with van der Waals surface area (Å²) in [5, 5.41) is 10.2. The number of piperidine rings is 1. The van der Waals surface area contributed by atoms with Crippen molar-refractivity contribution in [1.82, 2.24) is 25.4 Å². The normalized spacial score (nSPS) is 16.3. The second kappa shape index (κ2) is 15.3. The lowest BCUT2D eigenvalue weighted by molar-refractivity contribution is -0.124. The molecule has 11 heteroatoms. The van der Waals surface area contributed by atoms with Gasteiger partial charge in [0.1, 0.15) is 29.7 Å². The number of fused-ring (bicyclic) bond motifs is 2. The van der Waals surface area contributed by atoms with Gasteiger partial charge in [0, 0.05) is 73.3 Å². The number of benzene rings is 2. The van der Waals surface area contributed by atoms with Crippen molar-refractivity contribution in [2.75, 3.05) is 38.5 Å². The van der Waals surface area contributed by atoms with Crippen LogP contribution in [0.5, 0.6) is 0 Å². The molecule has 2 aliphatic rings. The summed E-state index contributed by atoms with van der Waals surface area (Å²) < 4.78 is 6.13. The van der Waals surface area contributed by atoms with Crippen molar-refractivity contribution < 1.29 is 23.6 Å². The number of carbonyl (C=O) groups is 4. The summed E-state index contributed by atoms with van der Waals surface area (Å²) in [7, 11) is 1.51. The number of aromatic nitrogens is 1. The third kappa shape index (κ3) is 7.41. The summed E-state index contributed by atoms with van der Waals surface area (Å²) in [5.41, 5.74) is 3.96. The van der Waals surface area contributed by atoms with E-state index in [1.807, 2.05) is 60.7 Å². The minimum Gasteiger partial charge on any atom is -0.459 e. The Morgan fingerprint density at radius 3 is 2.65 bits per heavy atom. The zero-order chi connectivity index (χ0) is 34.3. The Morgan fingerprint density at radius 2 is 1.92 bits per heavy atom. The van der Waals surface area contributed by atoms with E-state index in [-0.39, 0.29) is 36.5 Å². The zero-order valence-corrected chi connectivity index (χ0v) is 27.7. The topological polar surface area (TPSA) is 137 Å². The molecule has 2 atom stereocenters. The van der Waals surface area contributed by atoms with Crippen LogP contribution in [0.4, 0.5) is 5.69 Å². The molecule has 49 heavy (non-hydrogen) atoms. The average molecular weight is 663 g/mol. The summed E-state index contributed by atoms with van der Waals surface area (Å²) in [5.74, 6) is 0.301. The predicted molar refractivity (Wildman–Crippen MR) is 188 cm³/mol. The number of para-hydroxylation sites is 1. The summed E-state index contributed by atoms with van der Waals surface area (Å²) >= 11 is 0. The number of hydrogen-bond donors (Lipinski definition) is 3. The molecule has 2 aliphatic heterocycles. The molecule has 4 heterocycles. The smallest absolute Gasteiger partial charge is 0.261 e. The number of likely N-dealkylation sites (N-methyl/N-ethyl adjacent to an activating group) is 1. The van der Waals surface area contributed by atoms with E-state index in [9.17, 15) is 19.2 Å². The van der Waals surface area contributed by atoms with E-state index in [4.69, 9.17) is 4.42 Å². The molecule has 0 spiro atoms. The van der Waals surface area contributed by atoms with Crippen LogP contribution in [0.3, 0.4) is 0 Å². The number of anilines is 1. The fourth-order valence-electron chi connectivity index (χ4n) is 6.90. The van der Waals surface area contributed by atoms with Gasteiger partial charge in [0.15, 0.2) is 0 Å². The Bertz CT molecular complexity index is 1800. The quantitative estimate of drug-likeness (QED) is 0.164. The molecule has 1 saturated heterocycles. The summed E-state index contributed by atoms with van der Waals surface area (Å²) in [4.78, 5) is 58.7. The number of carbonyl (C=O) groups excluding carboxylic acids is 4. The fraction of sp³-hybridized carbons (Fsp3) is 0.342. The van der Waals surface area contributed by atoms with Crippen LogP contribution >= 0.6 is 0 Å². The first-order valence-corrected chi connectivity index (χ1v) is 16.8.